The van der Waals surface area contributed by atoms with Crippen molar-refractivity contribution in [1.29, 1.82) is 0 Å². The van der Waals surface area contributed by atoms with Gasteiger partial charge < -0.3 is 4.90 Å². The fraction of sp³-hybridized carbons (Fsp3) is 0.278. The number of amides is 1. The first-order valence-electron chi connectivity index (χ1n) is 8.44. The molecule has 0 N–H and O–H groups in total. The Kier molecular flexibility index (Phi) is 5.07. The van der Waals surface area contributed by atoms with Crippen molar-refractivity contribution < 1.29 is 9.18 Å². The van der Waals surface area contributed by atoms with Gasteiger partial charge in [-0.3, -0.25) is 18.9 Å². The van der Waals surface area contributed by atoms with Gasteiger partial charge in [-0.05, 0) is 34.1 Å². The van der Waals surface area contributed by atoms with Crippen molar-refractivity contribution in [2.75, 3.05) is 26.2 Å². The third-order valence-electron chi connectivity index (χ3n) is 4.56. The third-order valence-corrected chi connectivity index (χ3v) is 6.01. The zero-order chi connectivity index (χ0) is 19.0. The van der Waals surface area contributed by atoms with E-state index < -0.39 is 5.82 Å². The third kappa shape index (κ3) is 3.80. The normalized spacial score (nSPS) is 15.4. The maximum absolute atomic E-state index is 13.5. The SMILES string of the molecule is O=C(c1cc(F)ccc1Br)N1CCN(Cc2cc(=O)n3ccsc3n2)CC1. The summed E-state index contributed by atoms with van der Waals surface area (Å²) in [7, 11) is 0. The van der Waals surface area contributed by atoms with E-state index in [0.29, 0.717) is 47.7 Å². The Morgan fingerprint density at radius 3 is 2.78 bits per heavy atom. The largest absolute Gasteiger partial charge is 0.336 e. The summed E-state index contributed by atoms with van der Waals surface area (Å²) in [6.07, 6.45) is 1.72. The van der Waals surface area contributed by atoms with Crippen molar-refractivity contribution >= 4 is 38.1 Å². The van der Waals surface area contributed by atoms with E-state index in [1.54, 1.807) is 23.2 Å². The van der Waals surface area contributed by atoms with Gasteiger partial charge >= 0.3 is 0 Å². The van der Waals surface area contributed by atoms with Gasteiger partial charge in [0.25, 0.3) is 11.5 Å². The summed E-state index contributed by atoms with van der Waals surface area (Å²) in [4.78, 5) is 33.8. The van der Waals surface area contributed by atoms with Gasteiger partial charge in [0.1, 0.15) is 5.82 Å². The monoisotopic (exact) mass is 450 g/mol. The Morgan fingerprint density at radius 2 is 2.00 bits per heavy atom. The van der Waals surface area contributed by atoms with Crippen molar-refractivity contribution in [2.24, 2.45) is 0 Å². The van der Waals surface area contributed by atoms with Crippen LogP contribution < -0.4 is 5.56 Å². The van der Waals surface area contributed by atoms with Crippen molar-refractivity contribution in [2.45, 2.75) is 6.54 Å². The number of hydrogen-bond donors (Lipinski definition) is 0. The molecule has 0 spiro atoms. The van der Waals surface area contributed by atoms with E-state index in [2.05, 4.69) is 25.8 Å². The molecular formula is C18H16BrFN4O2S. The van der Waals surface area contributed by atoms with Gasteiger partial charge in [-0.15, -0.1) is 11.3 Å². The predicted molar refractivity (Wildman–Crippen MR) is 105 cm³/mol. The summed E-state index contributed by atoms with van der Waals surface area (Å²) < 4.78 is 15.6. The van der Waals surface area contributed by atoms with Crippen LogP contribution in [0.3, 0.4) is 0 Å². The molecule has 3 heterocycles. The highest BCUT2D eigenvalue weighted by molar-refractivity contribution is 9.10. The quantitative estimate of drug-likeness (QED) is 0.615. The van der Waals surface area contributed by atoms with Crippen LogP contribution >= 0.6 is 27.3 Å². The minimum Gasteiger partial charge on any atom is -0.336 e. The number of halogens is 2. The number of fused-ring (bicyclic) bond motifs is 1. The van der Waals surface area contributed by atoms with Gasteiger partial charge in [0.05, 0.1) is 11.3 Å². The molecule has 1 aromatic carbocycles. The second kappa shape index (κ2) is 7.49. The number of carbonyl (C=O) groups is 1. The summed E-state index contributed by atoms with van der Waals surface area (Å²) in [6.45, 7) is 2.99. The van der Waals surface area contributed by atoms with Crippen LogP contribution in [0.1, 0.15) is 16.1 Å². The molecular weight excluding hydrogens is 435 g/mol. The van der Waals surface area contributed by atoms with Gasteiger partial charge in [0.2, 0.25) is 0 Å². The average Bonchev–Trinajstić information content (AvgIpc) is 3.13. The Bertz CT molecular complexity index is 1060. The average molecular weight is 451 g/mol. The van der Waals surface area contributed by atoms with Gasteiger partial charge in [-0.25, -0.2) is 9.37 Å². The maximum atomic E-state index is 13.5. The number of aromatic nitrogens is 2. The van der Waals surface area contributed by atoms with Crippen molar-refractivity contribution in [3.8, 4) is 0 Å². The van der Waals surface area contributed by atoms with E-state index in [1.807, 2.05) is 5.38 Å². The lowest BCUT2D eigenvalue weighted by Crippen LogP contribution is -2.48. The highest BCUT2D eigenvalue weighted by Gasteiger charge is 2.24. The number of benzene rings is 1. The maximum Gasteiger partial charge on any atom is 0.258 e. The standard InChI is InChI=1S/C18H16BrFN4O2S/c19-15-2-1-12(20)9-14(15)17(26)23-5-3-22(4-6-23)11-13-10-16(25)24-7-8-27-18(24)21-13/h1-2,7-10H,3-6,11H2. The van der Waals surface area contributed by atoms with E-state index in [-0.39, 0.29) is 11.5 Å². The molecule has 9 heteroatoms. The predicted octanol–water partition coefficient (Wildman–Crippen LogP) is 2.62. The van der Waals surface area contributed by atoms with Gasteiger partial charge in [-0.2, -0.15) is 0 Å². The lowest BCUT2D eigenvalue weighted by molar-refractivity contribution is 0.0625. The first-order chi connectivity index (χ1) is 13.0. The number of nitrogens with zero attached hydrogens (tertiary/aromatic N) is 4. The van der Waals surface area contributed by atoms with Crippen molar-refractivity contribution in [3.05, 3.63) is 67.7 Å². The van der Waals surface area contributed by atoms with E-state index in [4.69, 9.17) is 0 Å². The zero-order valence-corrected chi connectivity index (χ0v) is 16.7. The molecule has 140 valence electrons. The number of piperazine rings is 1. The number of carbonyl (C=O) groups excluding carboxylic acids is 1. The van der Waals surface area contributed by atoms with Crippen LogP contribution in [0.2, 0.25) is 0 Å². The van der Waals surface area contributed by atoms with Crippen LogP contribution in [0.25, 0.3) is 4.96 Å². The Morgan fingerprint density at radius 1 is 1.22 bits per heavy atom. The van der Waals surface area contributed by atoms with E-state index in [0.717, 1.165) is 5.69 Å². The molecule has 1 aliphatic rings. The Hall–Kier alpha value is -2.10. The lowest BCUT2D eigenvalue weighted by atomic mass is 10.1. The highest BCUT2D eigenvalue weighted by atomic mass is 79.9. The zero-order valence-electron chi connectivity index (χ0n) is 14.3. The van der Waals surface area contributed by atoms with Gasteiger partial charge in [-0.1, -0.05) is 0 Å². The number of rotatable bonds is 3. The van der Waals surface area contributed by atoms with Crippen molar-refractivity contribution in [1.82, 2.24) is 19.2 Å². The molecule has 1 aliphatic heterocycles. The van der Waals surface area contributed by atoms with E-state index in [9.17, 15) is 14.0 Å². The summed E-state index contributed by atoms with van der Waals surface area (Å²) in [6, 6.07) is 5.68. The van der Waals surface area contributed by atoms with Crippen LogP contribution in [0.15, 0.2) is 45.1 Å². The van der Waals surface area contributed by atoms with Crippen molar-refractivity contribution in [3.63, 3.8) is 0 Å². The molecule has 0 atom stereocenters. The molecule has 0 bridgehead atoms. The number of hydrogen-bond acceptors (Lipinski definition) is 5. The second-order valence-electron chi connectivity index (χ2n) is 6.33. The van der Waals surface area contributed by atoms with Gasteiger partial charge in [0.15, 0.2) is 4.96 Å². The molecule has 0 radical (unpaired) electrons. The Balaban J connectivity index is 1.41. The van der Waals surface area contributed by atoms with Crippen LogP contribution in [0.4, 0.5) is 4.39 Å². The summed E-state index contributed by atoms with van der Waals surface area (Å²) in [5, 5.41) is 1.84. The topological polar surface area (TPSA) is 57.9 Å². The molecule has 1 amide bonds. The van der Waals surface area contributed by atoms with E-state index in [1.165, 1.54) is 27.9 Å². The molecule has 3 aromatic rings. The van der Waals surface area contributed by atoms with Gasteiger partial charge in [0, 0.05) is 54.8 Å². The molecule has 0 unspecified atom stereocenters. The summed E-state index contributed by atoms with van der Waals surface area (Å²) in [5.41, 5.74) is 0.984. The van der Waals surface area contributed by atoms with Crippen LogP contribution in [-0.4, -0.2) is 51.3 Å². The number of thiazole rings is 1. The first kappa shape index (κ1) is 18.3. The summed E-state index contributed by atoms with van der Waals surface area (Å²) in [5.74, 6) is -0.612. The summed E-state index contributed by atoms with van der Waals surface area (Å²) >= 11 is 4.74. The Labute approximate surface area is 167 Å². The fourth-order valence-electron chi connectivity index (χ4n) is 3.14. The molecule has 1 fully saturated rings. The van der Waals surface area contributed by atoms with Crippen LogP contribution in [0.5, 0.6) is 0 Å². The van der Waals surface area contributed by atoms with Crippen LogP contribution in [0, 0.1) is 5.82 Å². The molecule has 27 heavy (non-hydrogen) atoms. The molecule has 0 saturated carbocycles. The van der Waals surface area contributed by atoms with Crippen LogP contribution in [-0.2, 0) is 6.54 Å². The highest BCUT2D eigenvalue weighted by Crippen LogP contribution is 2.20. The molecule has 0 aliphatic carbocycles. The molecule has 1 saturated heterocycles. The molecule has 6 nitrogen and oxygen atoms in total. The smallest absolute Gasteiger partial charge is 0.258 e. The molecule has 2 aromatic heterocycles. The fourth-order valence-corrected chi connectivity index (χ4v) is 4.29. The minimum atomic E-state index is -0.429. The first-order valence-corrected chi connectivity index (χ1v) is 10.1. The van der Waals surface area contributed by atoms with E-state index >= 15 is 0 Å². The molecule has 4 rings (SSSR count). The minimum absolute atomic E-state index is 0.0824. The second-order valence-corrected chi connectivity index (χ2v) is 8.06. The lowest BCUT2D eigenvalue weighted by Gasteiger charge is -2.34.